The van der Waals surface area contributed by atoms with Crippen LogP contribution in [-0.4, -0.2) is 32.5 Å². The van der Waals surface area contributed by atoms with E-state index in [1.54, 1.807) is 13.8 Å². The van der Waals surface area contributed by atoms with Gasteiger partial charge in [0.05, 0.1) is 9.85 Å². The Labute approximate surface area is 229 Å². The second-order valence-electron chi connectivity index (χ2n) is 9.18. The topological polar surface area (TPSA) is 151 Å². The molecule has 0 aliphatic heterocycles. The number of phenols is 2. The van der Waals surface area contributed by atoms with Crippen molar-refractivity contribution in [3.63, 3.8) is 0 Å². The van der Waals surface area contributed by atoms with Crippen molar-refractivity contribution in [2.24, 2.45) is 9.98 Å². The number of aryl methyl sites for hydroxylation is 2. The second kappa shape index (κ2) is 12.0. The van der Waals surface area contributed by atoms with Crippen molar-refractivity contribution in [2.45, 2.75) is 25.9 Å². The largest absolute Gasteiger partial charge is 0.507 e. The van der Waals surface area contributed by atoms with E-state index in [9.17, 15) is 30.4 Å². The Hall–Kier alpha value is -5.38. The first-order chi connectivity index (χ1) is 19.2. The molecule has 10 heteroatoms. The summed E-state index contributed by atoms with van der Waals surface area (Å²) in [5.74, 6) is -0.254. The fourth-order valence-corrected chi connectivity index (χ4v) is 4.30. The van der Waals surface area contributed by atoms with Crippen LogP contribution in [0.2, 0.25) is 0 Å². The van der Waals surface area contributed by atoms with E-state index in [4.69, 9.17) is 9.98 Å². The summed E-state index contributed by atoms with van der Waals surface area (Å²) in [5.41, 5.74) is 2.20. The smallest absolute Gasteiger partial charge is 0.270 e. The third-order valence-corrected chi connectivity index (χ3v) is 6.38. The Kier molecular flexibility index (Phi) is 8.29. The van der Waals surface area contributed by atoms with E-state index in [1.165, 1.54) is 36.7 Å². The lowest BCUT2D eigenvalue weighted by atomic mass is 9.94. The van der Waals surface area contributed by atoms with Crippen molar-refractivity contribution in [2.75, 3.05) is 0 Å². The number of benzene rings is 4. The number of hydrogen-bond acceptors (Lipinski definition) is 8. The van der Waals surface area contributed by atoms with Gasteiger partial charge in [-0.15, -0.1) is 0 Å². The molecule has 0 aliphatic carbocycles. The maximum Gasteiger partial charge on any atom is 0.270 e. The minimum Gasteiger partial charge on any atom is -0.507 e. The Bertz CT molecular complexity index is 1480. The molecule has 4 aromatic carbocycles. The Morgan fingerprint density at radius 3 is 1.32 bits per heavy atom. The van der Waals surface area contributed by atoms with E-state index >= 15 is 0 Å². The van der Waals surface area contributed by atoms with E-state index in [0.29, 0.717) is 11.1 Å². The molecular weight excluding hydrogens is 512 g/mol. The summed E-state index contributed by atoms with van der Waals surface area (Å²) in [5, 5.41) is 44.0. The zero-order chi connectivity index (χ0) is 28.8. The highest BCUT2D eigenvalue weighted by Gasteiger charge is 2.24. The van der Waals surface area contributed by atoms with Crippen LogP contribution in [0.3, 0.4) is 0 Å². The van der Waals surface area contributed by atoms with Gasteiger partial charge in [0.2, 0.25) is 0 Å². The quantitative estimate of drug-likeness (QED) is 0.140. The van der Waals surface area contributed by atoms with E-state index < -0.39 is 21.9 Å². The molecule has 10 nitrogen and oxygen atoms in total. The van der Waals surface area contributed by atoms with Gasteiger partial charge in [0, 0.05) is 47.8 Å². The zero-order valence-electron chi connectivity index (χ0n) is 21.7. The molecule has 0 radical (unpaired) electrons. The first-order valence-electron chi connectivity index (χ1n) is 12.3. The summed E-state index contributed by atoms with van der Waals surface area (Å²) in [4.78, 5) is 31.2. The average Bonchev–Trinajstić information content (AvgIpc) is 2.95. The van der Waals surface area contributed by atoms with Crippen LogP contribution in [-0.2, 0) is 0 Å². The molecule has 2 atom stereocenters. The molecule has 0 spiro atoms. The number of aliphatic imine (C=N–C) groups is 2. The highest BCUT2D eigenvalue weighted by Crippen LogP contribution is 2.37. The number of nitro benzene ring substituents is 2. The van der Waals surface area contributed by atoms with Crippen molar-refractivity contribution in [1.29, 1.82) is 0 Å². The standard InChI is InChI=1S/C30H26N4O6/c1-19-13-25(33(37)38)15-23(29(19)35)17-31-27(21-9-5-3-6-10-21)28(22-11-7-4-8-12-22)32-18-24-16-26(34(39)40)14-20(2)30(24)36/h3-18,27-28,35-36H,1-2H3/t27-,28-/m1/s1. The molecule has 0 saturated carbocycles. The van der Waals surface area contributed by atoms with Crippen LogP contribution >= 0.6 is 0 Å². The highest BCUT2D eigenvalue weighted by molar-refractivity contribution is 5.86. The van der Waals surface area contributed by atoms with Crippen LogP contribution in [0.25, 0.3) is 0 Å². The van der Waals surface area contributed by atoms with Gasteiger partial charge in [-0.2, -0.15) is 0 Å². The molecule has 0 unspecified atom stereocenters. The summed E-state index contributed by atoms with van der Waals surface area (Å²) in [6.07, 6.45) is 2.76. The zero-order valence-corrected chi connectivity index (χ0v) is 21.7. The van der Waals surface area contributed by atoms with Gasteiger partial charge in [0.15, 0.2) is 0 Å². The van der Waals surface area contributed by atoms with Crippen LogP contribution in [0.5, 0.6) is 11.5 Å². The molecule has 0 aromatic heterocycles. The van der Waals surface area contributed by atoms with Gasteiger partial charge >= 0.3 is 0 Å². The Morgan fingerprint density at radius 2 is 1.00 bits per heavy atom. The molecule has 40 heavy (non-hydrogen) atoms. The summed E-state index contributed by atoms with van der Waals surface area (Å²) in [6, 6.07) is 22.3. The van der Waals surface area contributed by atoms with E-state index in [2.05, 4.69) is 0 Å². The van der Waals surface area contributed by atoms with Crippen LogP contribution < -0.4 is 0 Å². The first-order valence-corrected chi connectivity index (χ1v) is 12.3. The molecule has 0 amide bonds. The van der Waals surface area contributed by atoms with Crippen molar-refractivity contribution in [1.82, 2.24) is 0 Å². The monoisotopic (exact) mass is 538 g/mol. The molecule has 4 aromatic rings. The van der Waals surface area contributed by atoms with Crippen molar-refractivity contribution >= 4 is 23.8 Å². The average molecular weight is 539 g/mol. The molecule has 0 heterocycles. The summed E-state index contributed by atoms with van der Waals surface area (Å²) in [6.45, 7) is 3.14. The van der Waals surface area contributed by atoms with Crippen LogP contribution in [0.4, 0.5) is 11.4 Å². The lowest BCUT2D eigenvalue weighted by molar-refractivity contribution is -0.385. The Balaban J connectivity index is 1.86. The van der Waals surface area contributed by atoms with E-state index in [1.807, 2.05) is 60.7 Å². The van der Waals surface area contributed by atoms with E-state index in [0.717, 1.165) is 11.1 Å². The third-order valence-electron chi connectivity index (χ3n) is 6.38. The highest BCUT2D eigenvalue weighted by atomic mass is 16.6. The van der Waals surface area contributed by atoms with E-state index in [-0.39, 0.29) is 34.0 Å². The fourth-order valence-electron chi connectivity index (χ4n) is 4.30. The number of nitrogens with zero attached hydrogens (tertiary/aromatic N) is 4. The summed E-state index contributed by atoms with van der Waals surface area (Å²) < 4.78 is 0. The molecule has 0 aliphatic rings. The second-order valence-corrected chi connectivity index (χ2v) is 9.18. The SMILES string of the molecule is Cc1cc([N+](=O)[O-])cc(C=N[C@H](c2ccccc2)[C@H](N=Cc2cc([N+](=O)[O-])cc(C)c2O)c2ccccc2)c1O. The van der Waals surface area contributed by atoms with Gasteiger partial charge in [-0.05, 0) is 36.1 Å². The summed E-state index contributed by atoms with van der Waals surface area (Å²) >= 11 is 0. The molecular formula is C30H26N4O6. The molecule has 0 saturated heterocycles. The Morgan fingerprint density at radius 1 is 0.650 bits per heavy atom. The third kappa shape index (κ3) is 6.18. The van der Waals surface area contributed by atoms with Crippen LogP contribution in [0.1, 0.15) is 45.5 Å². The number of non-ortho nitro benzene ring substituents is 2. The number of aromatic hydroxyl groups is 2. The molecule has 0 bridgehead atoms. The lowest BCUT2D eigenvalue weighted by Gasteiger charge is -2.22. The predicted molar refractivity (Wildman–Crippen MR) is 153 cm³/mol. The number of rotatable bonds is 9. The predicted octanol–water partition coefficient (Wildman–Crippen LogP) is 6.55. The van der Waals surface area contributed by atoms with Crippen molar-refractivity contribution in [3.05, 3.63) is 139 Å². The van der Waals surface area contributed by atoms with Gasteiger partial charge in [-0.1, -0.05) is 60.7 Å². The van der Waals surface area contributed by atoms with Crippen molar-refractivity contribution in [3.8, 4) is 11.5 Å². The molecule has 0 fully saturated rings. The van der Waals surface area contributed by atoms with Gasteiger partial charge in [0.25, 0.3) is 11.4 Å². The number of nitro groups is 2. The van der Waals surface area contributed by atoms with Gasteiger partial charge in [0.1, 0.15) is 23.6 Å². The lowest BCUT2D eigenvalue weighted by Crippen LogP contribution is -2.09. The maximum absolute atomic E-state index is 11.4. The van der Waals surface area contributed by atoms with Gasteiger partial charge < -0.3 is 10.2 Å². The summed E-state index contributed by atoms with van der Waals surface area (Å²) in [7, 11) is 0. The minimum atomic E-state index is -0.666. The fraction of sp³-hybridized carbons (Fsp3) is 0.133. The van der Waals surface area contributed by atoms with Gasteiger partial charge in [-0.25, -0.2) is 0 Å². The molecule has 2 N–H and O–H groups in total. The molecule has 4 rings (SSSR count). The van der Waals surface area contributed by atoms with Gasteiger partial charge in [-0.3, -0.25) is 30.2 Å². The van der Waals surface area contributed by atoms with Crippen molar-refractivity contribution < 1.29 is 20.1 Å². The van der Waals surface area contributed by atoms with Crippen LogP contribution in [0.15, 0.2) is 94.9 Å². The molecule has 202 valence electrons. The maximum atomic E-state index is 11.4. The first kappa shape index (κ1) is 27.6. The number of phenolic OH excluding ortho intramolecular Hbond substituents is 2. The number of hydrogen-bond donors (Lipinski definition) is 2. The normalized spacial score (nSPS) is 12.9. The van der Waals surface area contributed by atoms with Crippen LogP contribution in [0, 0.1) is 34.1 Å². The minimum absolute atomic E-state index is 0.127.